The van der Waals surface area contributed by atoms with Crippen molar-refractivity contribution in [3.8, 4) is 28.6 Å². The number of benzene rings is 2. The molecule has 7 nitrogen and oxygen atoms in total. The predicted molar refractivity (Wildman–Crippen MR) is 180 cm³/mol. The number of halogens is 2. The van der Waals surface area contributed by atoms with Gasteiger partial charge < -0.3 is 24.1 Å². The molecule has 0 aliphatic heterocycles. The number of rotatable bonds is 16. The molecule has 0 radical (unpaired) electrons. The second kappa shape index (κ2) is 16.2. The lowest BCUT2D eigenvalue weighted by Gasteiger charge is -2.15. The van der Waals surface area contributed by atoms with E-state index in [9.17, 15) is 4.79 Å². The van der Waals surface area contributed by atoms with E-state index in [1.165, 1.54) is 17.8 Å². The highest BCUT2D eigenvalue weighted by Crippen LogP contribution is 2.31. The van der Waals surface area contributed by atoms with Crippen molar-refractivity contribution in [1.82, 2.24) is 14.9 Å². The van der Waals surface area contributed by atoms with Gasteiger partial charge in [0, 0.05) is 34.2 Å². The molecule has 2 heterocycles. The largest absolute Gasteiger partial charge is 0.493 e. The minimum Gasteiger partial charge on any atom is -0.493 e. The number of nitrogens with one attached hydrogen (secondary N) is 1. The average Bonchev–Trinajstić information content (AvgIpc) is 3.62. The lowest BCUT2D eigenvalue weighted by molar-refractivity contribution is 0.0945. The van der Waals surface area contributed by atoms with E-state index in [0.29, 0.717) is 51.9 Å². The van der Waals surface area contributed by atoms with Crippen LogP contribution in [0.3, 0.4) is 0 Å². The molecular formula is C34H41Cl2N3O4S. The van der Waals surface area contributed by atoms with Crippen LogP contribution in [0.2, 0.25) is 10.0 Å². The van der Waals surface area contributed by atoms with Crippen LogP contribution in [0.5, 0.6) is 17.2 Å². The van der Waals surface area contributed by atoms with Crippen molar-refractivity contribution in [2.75, 3.05) is 20.8 Å². The molecule has 0 aliphatic carbocycles. The Labute approximate surface area is 274 Å². The van der Waals surface area contributed by atoms with Crippen molar-refractivity contribution in [2.24, 2.45) is 5.92 Å². The molecule has 236 valence electrons. The number of thiazole rings is 1. The Bertz CT molecular complexity index is 1530. The molecule has 1 atom stereocenters. The number of methoxy groups -OCH3 is 2. The molecule has 2 aromatic heterocycles. The van der Waals surface area contributed by atoms with Gasteiger partial charge in [-0.1, -0.05) is 62.4 Å². The molecular weight excluding hydrogens is 617 g/mol. The van der Waals surface area contributed by atoms with E-state index in [2.05, 4.69) is 23.7 Å². The predicted octanol–water partition coefficient (Wildman–Crippen LogP) is 9.01. The van der Waals surface area contributed by atoms with Crippen molar-refractivity contribution < 1.29 is 19.0 Å². The highest BCUT2D eigenvalue weighted by Gasteiger charge is 2.21. The first-order valence-corrected chi connectivity index (χ1v) is 16.6. The molecule has 1 unspecified atom stereocenters. The van der Waals surface area contributed by atoms with E-state index in [-0.39, 0.29) is 12.5 Å². The van der Waals surface area contributed by atoms with Gasteiger partial charge in [0.1, 0.15) is 17.4 Å². The molecule has 0 bridgehead atoms. The first kappa shape index (κ1) is 33.7. The number of hydrogen-bond acceptors (Lipinski definition) is 6. The second-order valence-corrected chi connectivity index (χ2v) is 12.6. The average molecular weight is 659 g/mol. The van der Waals surface area contributed by atoms with Crippen molar-refractivity contribution in [2.45, 2.75) is 66.0 Å². The van der Waals surface area contributed by atoms with Crippen LogP contribution >= 0.6 is 34.5 Å². The topological polar surface area (TPSA) is 74.6 Å². The maximum absolute atomic E-state index is 13.5. The number of unbranched alkanes of at least 4 members (excludes halogenated alkanes) is 1. The monoisotopic (exact) mass is 657 g/mol. The summed E-state index contributed by atoms with van der Waals surface area (Å²) in [6.07, 6.45) is 5.22. The first-order chi connectivity index (χ1) is 21.3. The molecule has 0 saturated carbocycles. The summed E-state index contributed by atoms with van der Waals surface area (Å²) in [5, 5.41) is 7.03. The Kier molecular flexibility index (Phi) is 12.4. The van der Waals surface area contributed by atoms with E-state index in [1.54, 1.807) is 32.4 Å². The minimum absolute atomic E-state index is 0.0554. The highest BCUT2D eigenvalue weighted by atomic mass is 35.5. The maximum atomic E-state index is 13.5. The summed E-state index contributed by atoms with van der Waals surface area (Å²) in [6.45, 7) is 7.99. The van der Waals surface area contributed by atoms with Crippen molar-refractivity contribution in [1.29, 1.82) is 0 Å². The summed E-state index contributed by atoms with van der Waals surface area (Å²) in [6, 6.07) is 13.0. The van der Waals surface area contributed by atoms with Crippen molar-refractivity contribution >= 4 is 40.4 Å². The molecule has 0 spiro atoms. The summed E-state index contributed by atoms with van der Waals surface area (Å²) in [5.41, 5.74) is 4.35. The van der Waals surface area contributed by atoms with Gasteiger partial charge in [-0.3, -0.25) is 4.79 Å². The van der Waals surface area contributed by atoms with Gasteiger partial charge >= 0.3 is 0 Å². The lowest BCUT2D eigenvalue weighted by atomic mass is 9.99. The number of ether oxygens (including phenoxy) is 3. The Morgan fingerprint density at radius 2 is 1.80 bits per heavy atom. The Morgan fingerprint density at radius 3 is 2.48 bits per heavy atom. The SMILES string of the molecule is CCCCC(CC)CNC(=O)c1cc(-c2csc(COc3cc(Cl)cc(Cl)c3)n2)n(CCc2ccc(OC)c(OC)c2)c1C. The molecule has 0 saturated heterocycles. The van der Waals surface area contributed by atoms with Gasteiger partial charge in [0.25, 0.3) is 5.91 Å². The van der Waals surface area contributed by atoms with E-state index in [4.69, 9.17) is 42.4 Å². The third-order valence-electron chi connectivity index (χ3n) is 7.79. The van der Waals surface area contributed by atoms with Crippen LogP contribution in [0.4, 0.5) is 0 Å². The van der Waals surface area contributed by atoms with Crippen molar-refractivity contribution in [3.05, 3.63) is 79.7 Å². The van der Waals surface area contributed by atoms with Crippen LogP contribution in [0.15, 0.2) is 47.8 Å². The minimum atomic E-state index is -0.0554. The zero-order valence-corrected chi connectivity index (χ0v) is 28.4. The van der Waals surface area contributed by atoms with Gasteiger partial charge in [-0.15, -0.1) is 11.3 Å². The normalized spacial score (nSPS) is 11.8. The Morgan fingerprint density at radius 1 is 1.05 bits per heavy atom. The molecule has 10 heteroatoms. The standard InChI is InChI=1S/C34H41Cl2N3O4S/c1-6-8-9-23(7-2)19-37-34(40)28-18-30(29-21-44-33(38-29)20-43-27-16-25(35)15-26(36)17-27)39(22(28)3)13-12-24-10-11-31(41-4)32(14-24)42-5/h10-11,14-18,21,23H,6-9,12-13,19-20H2,1-5H3,(H,37,40). The molecule has 44 heavy (non-hydrogen) atoms. The molecule has 1 amide bonds. The van der Waals surface area contributed by atoms with Gasteiger partial charge in [-0.25, -0.2) is 4.98 Å². The zero-order valence-electron chi connectivity index (χ0n) is 26.0. The quantitative estimate of drug-likeness (QED) is 0.130. The summed E-state index contributed by atoms with van der Waals surface area (Å²) < 4.78 is 19.0. The van der Waals surface area contributed by atoms with E-state index >= 15 is 0 Å². The summed E-state index contributed by atoms with van der Waals surface area (Å²) in [7, 11) is 3.26. The third-order valence-corrected chi connectivity index (χ3v) is 9.05. The number of aryl methyl sites for hydroxylation is 1. The fourth-order valence-corrected chi connectivity index (χ4v) is 6.38. The van der Waals surface area contributed by atoms with Gasteiger partial charge in [-0.2, -0.15) is 0 Å². The van der Waals surface area contributed by atoms with Crippen LogP contribution in [0.25, 0.3) is 11.4 Å². The molecule has 4 aromatic rings. The maximum Gasteiger partial charge on any atom is 0.253 e. The fourth-order valence-electron chi connectivity index (χ4n) is 5.18. The van der Waals surface area contributed by atoms with Crippen LogP contribution in [-0.2, 0) is 19.6 Å². The van der Waals surface area contributed by atoms with Crippen molar-refractivity contribution in [3.63, 3.8) is 0 Å². The Balaban J connectivity index is 1.58. The smallest absolute Gasteiger partial charge is 0.253 e. The first-order valence-electron chi connectivity index (χ1n) is 15.0. The zero-order chi connectivity index (χ0) is 31.6. The number of amides is 1. The van der Waals surface area contributed by atoms with E-state index in [0.717, 1.165) is 53.3 Å². The van der Waals surface area contributed by atoms with Gasteiger partial charge in [0.2, 0.25) is 0 Å². The van der Waals surface area contributed by atoms with Crippen LogP contribution < -0.4 is 19.5 Å². The summed E-state index contributed by atoms with van der Waals surface area (Å²) in [5.74, 6) is 2.38. The molecule has 0 aliphatic rings. The van der Waals surface area contributed by atoms with Gasteiger partial charge in [0.15, 0.2) is 11.5 Å². The van der Waals surface area contributed by atoms with Crippen LogP contribution in [0, 0.1) is 12.8 Å². The molecule has 0 fully saturated rings. The number of nitrogens with zero attached hydrogens (tertiary/aromatic N) is 2. The second-order valence-electron chi connectivity index (χ2n) is 10.8. The van der Waals surface area contributed by atoms with Crippen LogP contribution in [-0.4, -0.2) is 36.2 Å². The summed E-state index contributed by atoms with van der Waals surface area (Å²) in [4.78, 5) is 18.4. The van der Waals surface area contributed by atoms with Gasteiger partial charge in [0.05, 0.1) is 31.2 Å². The third kappa shape index (κ3) is 8.71. The molecule has 4 rings (SSSR count). The van der Waals surface area contributed by atoms with E-state index in [1.807, 2.05) is 36.6 Å². The number of aromatic nitrogens is 2. The highest BCUT2D eigenvalue weighted by molar-refractivity contribution is 7.09. The molecule has 1 N–H and O–H groups in total. The van der Waals surface area contributed by atoms with Gasteiger partial charge in [-0.05, 0) is 67.6 Å². The fraction of sp³-hybridized carbons (Fsp3) is 0.412. The summed E-state index contributed by atoms with van der Waals surface area (Å²) >= 11 is 13.8. The number of carbonyl (C=O) groups is 1. The number of hydrogen-bond donors (Lipinski definition) is 1. The number of carbonyl (C=O) groups excluding carboxylic acids is 1. The Hall–Kier alpha value is -3.20. The van der Waals surface area contributed by atoms with Crippen LogP contribution in [0.1, 0.15) is 66.2 Å². The van der Waals surface area contributed by atoms with E-state index < -0.39 is 0 Å². The molecule has 2 aromatic carbocycles. The lowest BCUT2D eigenvalue weighted by Crippen LogP contribution is -2.29.